The van der Waals surface area contributed by atoms with E-state index in [4.69, 9.17) is 5.73 Å². The van der Waals surface area contributed by atoms with Crippen molar-refractivity contribution in [3.05, 3.63) is 95.3 Å². The minimum absolute atomic E-state index is 0.0132. The third-order valence-electron chi connectivity index (χ3n) is 6.21. The van der Waals surface area contributed by atoms with E-state index in [1.165, 1.54) is 10.4 Å². The van der Waals surface area contributed by atoms with Crippen molar-refractivity contribution >= 4 is 15.9 Å². The van der Waals surface area contributed by atoms with Crippen LogP contribution in [-0.4, -0.2) is 24.7 Å². The van der Waals surface area contributed by atoms with Gasteiger partial charge in [0, 0.05) is 18.2 Å². The molecule has 1 saturated heterocycles. The van der Waals surface area contributed by atoms with Crippen molar-refractivity contribution in [1.29, 1.82) is 0 Å². The van der Waals surface area contributed by atoms with E-state index in [2.05, 4.69) is 0 Å². The predicted molar refractivity (Wildman–Crippen MR) is 127 cm³/mol. The average Bonchev–Trinajstić information content (AvgIpc) is 2.77. The molecule has 2 atom stereocenters. The van der Waals surface area contributed by atoms with Gasteiger partial charge in [-0.25, -0.2) is 12.8 Å². The predicted octanol–water partition coefficient (Wildman–Crippen LogP) is 4.58. The van der Waals surface area contributed by atoms with E-state index < -0.39 is 27.0 Å². The van der Waals surface area contributed by atoms with Crippen LogP contribution in [0.5, 0.6) is 0 Å². The van der Waals surface area contributed by atoms with E-state index in [0.29, 0.717) is 24.0 Å². The van der Waals surface area contributed by atoms with E-state index >= 15 is 4.39 Å². The molecule has 3 aromatic carbocycles. The maximum absolute atomic E-state index is 15.1. The number of carbonyl (C=O) groups is 1. The molecule has 2 N–H and O–H groups in total. The smallest absolute Gasteiger partial charge is 0.221 e. The quantitative estimate of drug-likeness (QED) is 0.578. The van der Waals surface area contributed by atoms with Crippen LogP contribution in [0.15, 0.2) is 72.8 Å². The Hall–Kier alpha value is -3.03. The van der Waals surface area contributed by atoms with Crippen LogP contribution in [0.3, 0.4) is 0 Å². The third kappa shape index (κ3) is 4.99. The molecule has 0 bridgehead atoms. The molecule has 1 aliphatic rings. The molecule has 1 aliphatic heterocycles. The summed E-state index contributed by atoms with van der Waals surface area (Å²) >= 11 is 0. The number of sulfonamides is 1. The summed E-state index contributed by atoms with van der Waals surface area (Å²) in [5.74, 6) is -0.892. The van der Waals surface area contributed by atoms with Crippen LogP contribution in [0.1, 0.15) is 41.7 Å². The number of hydrogen-bond donors (Lipinski definition) is 1. The Labute approximate surface area is 194 Å². The summed E-state index contributed by atoms with van der Waals surface area (Å²) < 4.78 is 43.4. The normalized spacial score (nSPS) is 20.4. The van der Waals surface area contributed by atoms with Gasteiger partial charge < -0.3 is 5.73 Å². The SMILES string of the molecule is CC1CCC(c2ccccc2)S(=O)(=O)N1Cc1ccc(-c2cccc(CC(N)=O)c2)cc1F. The highest BCUT2D eigenvalue weighted by Crippen LogP contribution is 2.38. The van der Waals surface area contributed by atoms with Crippen molar-refractivity contribution in [2.75, 3.05) is 0 Å². The summed E-state index contributed by atoms with van der Waals surface area (Å²) in [7, 11) is -3.64. The zero-order valence-corrected chi connectivity index (χ0v) is 19.3. The highest BCUT2D eigenvalue weighted by atomic mass is 32.2. The molecule has 0 aliphatic carbocycles. The van der Waals surface area contributed by atoms with Gasteiger partial charge in [-0.2, -0.15) is 4.31 Å². The number of halogens is 1. The number of benzene rings is 3. The van der Waals surface area contributed by atoms with Crippen LogP contribution in [0, 0.1) is 5.82 Å². The van der Waals surface area contributed by atoms with Crippen molar-refractivity contribution < 1.29 is 17.6 Å². The second-order valence-electron chi connectivity index (χ2n) is 8.57. The first kappa shape index (κ1) is 23.1. The minimum Gasteiger partial charge on any atom is -0.369 e. The molecule has 2 unspecified atom stereocenters. The maximum atomic E-state index is 15.1. The van der Waals surface area contributed by atoms with E-state index in [0.717, 1.165) is 16.7 Å². The van der Waals surface area contributed by atoms with Gasteiger partial charge in [0.25, 0.3) is 0 Å². The zero-order valence-electron chi connectivity index (χ0n) is 18.4. The molecule has 5 nitrogen and oxygen atoms in total. The molecule has 1 heterocycles. The van der Waals surface area contributed by atoms with Crippen molar-refractivity contribution in [3.8, 4) is 11.1 Å². The van der Waals surface area contributed by atoms with Crippen LogP contribution in [-0.2, 0) is 27.8 Å². The lowest BCUT2D eigenvalue weighted by molar-refractivity contribution is -0.117. The number of carbonyl (C=O) groups excluding carboxylic acids is 1. The Balaban J connectivity index is 1.59. The van der Waals surface area contributed by atoms with Crippen LogP contribution >= 0.6 is 0 Å². The topological polar surface area (TPSA) is 80.5 Å². The second-order valence-corrected chi connectivity index (χ2v) is 10.6. The molecule has 4 rings (SSSR count). The van der Waals surface area contributed by atoms with Crippen molar-refractivity contribution in [3.63, 3.8) is 0 Å². The first-order valence-electron chi connectivity index (χ1n) is 11.0. The first-order valence-corrected chi connectivity index (χ1v) is 12.5. The van der Waals surface area contributed by atoms with Crippen LogP contribution in [0.4, 0.5) is 4.39 Å². The summed E-state index contributed by atoms with van der Waals surface area (Å²) in [4.78, 5) is 11.2. The Morgan fingerprint density at radius 1 is 1.00 bits per heavy atom. The van der Waals surface area contributed by atoms with Gasteiger partial charge in [0.15, 0.2) is 0 Å². The highest BCUT2D eigenvalue weighted by molar-refractivity contribution is 7.89. The molecule has 3 aromatic rings. The fourth-order valence-corrected chi connectivity index (χ4v) is 6.62. The molecule has 0 spiro atoms. The Morgan fingerprint density at radius 3 is 2.42 bits per heavy atom. The summed E-state index contributed by atoms with van der Waals surface area (Å²) in [6.07, 6.45) is 1.37. The molecular formula is C26H27FN2O3S. The highest BCUT2D eigenvalue weighted by Gasteiger charge is 2.40. The second kappa shape index (κ2) is 9.45. The van der Waals surface area contributed by atoms with E-state index in [1.807, 2.05) is 43.3 Å². The van der Waals surface area contributed by atoms with Crippen LogP contribution < -0.4 is 5.73 Å². The number of rotatable bonds is 6. The van der Waals surface area contributed by atoms with Gasteiger partial charge in [0.2, 0.25) is 15.9 Å². The van der Waals surface area contributed by atoms with E-state index in [-0.39, 0.29) is 19.0 Å². The molecule has 1 fully saturated rings. The lowest BCUT2D eigenvalue weighted by Gasteiger charge is -2.37. The Bertz CT molecular complexity index is 1260. The molecular weight excluding hydrogens is 439 g/mol. The lowest BCUT2D eigenvalue weighted by atomic mass is 10.00. The van der Waals surface area contributed by atoms with Crippen LogP contribution in [0.2, 0.25) is 0 Å². The first-order chi connectivity index (χ1) is 15.8. The summed E-state index contributed by atoms with van der Waals surface area (Å²) in [6, 6.07) is 21.0. The Morgan fingerprint density at radius 2 is 1.73 bits per heavy atom. The number of primary amides is 1. The molecule has 7 heteroatoms. The van der Waals surface area contributed by atoms with E-state index in [9.17, 15) is 13.2 Å². The lowest BCUT2D eigenvalue weighted by Crippen LogP contribution is -2.44. The van der Waals surface area contributed by atoms with Gasteiger partial charge >= 0.3 is 0 Å². The summed E-state index contributed by atoms with van der Waals surface area (Å²) in [5, 5.41) is -0.620. The van der Waals surface area contributed by atoms with Gasteiger partial charge in [-0.1, -0.05) is 66.7 Å². The standard InChI is InChI=1S/C26H27FN2O3S/c1-18-10-13-25(20-7-3-2-4-8-20)33(31,32)29(18)17-23-12-11-22(16-24(23)27)21-9-5-6-19(14-21)15-26(28)30/h2-9,11-12,14,16,18,25H,10,13,15,17H2,1H3,(H2,28,30). The monoisotopic (exact) mass is 466 g/mol. The fraction of sp³-hybridized carbons (Fsp3) is 0.269. The number of nitrogens with zero attached hydrogens (tertiary/aromatic N) is 1. The fourth-order valence-electron chi connectivity index (χ4n) is 4.44. The summed E-state index contributed by atoms with van der Waals surface area (Å²) in [5.41, 5.74) is 8.54. The van der Waals surface area contributed by atoms with Gasteiger partial charge in [-0.3, -0.25) is 4.79 Å². The van der Waals surface area contributed by atoms with Crippen molar-refractivity contribution in [1.82, 2.24) is 4.31 Å². The molecule has 172 valence electrons. The number of nitrogens with two attached hydrogens (primary N) is 1. The zero-order chi connectivity index (χ0) is 23.6. The number of hydrogen-bond acceptors (Lipinski definition) is 3. The third-order valence-corrected chi connectivity index (χ3v) is 8.58. The number of amides is 1. The average molecular weight is 467 g/mol. The molecule has 0 radical (unpaired) electrons. The Kier molecular flexibility index (Phi) is 6.63. The van der Waals surface area contributed by atoms with E-state index in [1.54, 1.807) is 30.3 Å². The van der Waals surface area contributed by atoms with Crippen molar-refractivity contribution in [2.45, 2.75) is 44.0 Å². The van der Waals surface area contributed by atoms with Gasteiger partial charge in [0.1, 0.15) is 11.1 Å². The molecule has 1 amide bonds. The molecule has 33 heavy (non-hydrogen) atoms. The minimum atomic E-state index is -3.64. The largest absolute Gasteiger partial charge is 0.369 e. The van der Waals surface area contributed by atoms with Gasteiger partial charge in [0.05, 0.1) is 6.42 Å². The molecule has 0 aromatic heterocycles. The van der Waals surface area contributed by atoms with Crippen LogP contribution in [0.25, 0.3) is 11.1 Å². The molecule has 0 saturated carbocycles. The van der Waals surface area contributed by atoms with Gasteiger partial charge in [-0.05, 0) is 48.1 Å². The van der Waals surface area contributed by atoms with Gasteiger partial charge in [-0.15, -0.1) is 0 Å². The maximum Gasteiger partial charge on any atom is 0.221 e. The summed E-state index contributed by atoms with van der Waals surface area (Å²) in [6.45, 7) is 1.86. The van der Waals surface area contributed by atoms with Crippen molar-refractivity contribution in [2.24, 2.45) is 5.73 Å².